The van der Waals surface area contributed by atoms with E-state index in [1.54, 1.807) is 18.2 Å². The van der Waals surface area contributed by atoms with Gasteiger partial charge in [-0.25, -0.2) is 4.98 Å². The van der Waals surface area contributed by atoms with Crippen molar-refractivity contribution in [2.24, 2.45) is 0 Å². The van der Waals surface area contributed by atoms with E-state index < -0.39 is 0 Å². The Morgan fingerprint density at radius 3 is 2.63 bits per heavy atom. The molecule has 1 aromatic heterocycles. The van der Waals surface area contributed by atoms with Crippen molar-refractivity contribution in [2.45, 2.75) is 6.42 Å². The molecule has 1 N–H and O–H groups in total. The van der Waals surface area contributed by atoms with Crippen molar-refractivity contribution in [3.63, 3.8) is 0 Å². The zero-order valence-corrected chi connectivity index (χ0v) is 16.4. The van der Waals surface area contributed by atoms with Crippen LogP contribution in [0.4, 0.5) is 5.69 Å². The minimum Gasteiger partial charge on any atom is -0.440 e. The molecule has 0 atom stereocenters. The predicted molar refractivity (Wildman–Crippen MR) is 110 cm³/mol. The predicted octanol–water partition coefficient (Wildman–Crippen LogP) is 6.09. The minimum atomic E-state index is -0.188. The van der Waals surface area contributed by atoms with Crippen LogP contribution >= 0.6 is 27.5 Å². The number of oxazole rings is 1. The summed E-state index contributed by atoms with van der Waals surface area (Å²) in [6.07, 6.45) is 0.574. The number of fused-ring (bicyclic) bond motifs is 1. The number of aromatic nitrogens is 1. The lowest BCUT2D eigenvalue weighted by Gasteiger charge is -2.06. The number of nitrogens with zero attached hydrogens (tertiary/aromatic N) is 1. The lowest BCUT2D eigenvalue weighted by atomic mass is 10.1. The standard InChI is InChI=1S/C21H14BrClN2O2/c22-17-4-2-1-3-16(17)21(26)24-15-9-10-19-18(12-15)25-20(27-19)11-13-5-7-14(23)8-6-13/h1-10,12H,11H2,(H,24,26). The van der Waals surface area contributed by atoms with Crippen LogP contribution in [-0.2, 0) is 6.42 Å². The first-order valence-corrected chi connectivity index (χ1v) is 9.45. The van der Waals surface area contributed by atoms with E-state index in [1.807, 2.05) is 48.5 Å². The number of rotatable bonds is 4. The van der Waals surface area contributed by atoms with Gasteiger partial charge in [0.1, 0.15) is 5.52 Å². The van der Waals surface area contributed by atoms with Gasteiger partial charge in [0.25, 0.3) is 5.91 Å². The van der Waals surface area contributed by atoms with E-state index in [0.717, 1.165) is 10.0 Å². The molecule has 0 bridgehead atoms. The Labute approximate surface area is 169 Å². The van der Waals surface area contributed by atoms with Crippen LogP contribution in [-0.4, -0.2) is 10.9 Å². The first-order valence-electron chi connectivity index (χ1n) is 8.28. The van der Waals surface area contributed by atoms with Gasteiger partial charge in [-0.3, -0.25) is 4.79 Å². The summed E-state index contributed by atoms with van der Waals surface area (Å²) < 4.78 is 6.55. The highest BCUT2D eigenvalue weighted by molar-refractivity contribution is 9.10. The number of carbonyl (C=O) groups excluding carboxylic acids is 1. The van der Waals surface area contributed by atoms with Crippen LogP contribution in [0.5, 0.6) is 0 Å². The van der Waals surface area contributed by atoms with Gasteiger partial charge in [0.05, 0.1) is 5.56 Å². The Hall–Kier alpha value is -2.63. The maximum atomic E-state index is 12.4. The number of nitrogens with one attached hydrogen (secondary N) is 1. The quantitative estimate of drug-likeness (QED) is 0.417. The molecule has 0 spiro atoms. The summed E-state index contributed by atoms with van der Waals surface area (Å²) in [6, 6.07) is 20.3. The molecule has 27 heavy (non-hydrogen) atoms. The van der Waals surface area contributed by atoms with Gasteiger partial charge in [0.15, 0.2) is 11.5 Å². The summed E-state index contributed by atoms with van der Waals surface area (Å²) in [7, 11) is 0. The van der Waals surface area contributed by atoms with E-state index in [9.17, 15) is 4.79 Å². The van der Waals surface area contributed by atoms with Gasteiger partial charge in [-0.2, -0.15) is 0 Å². The molecule has 0 aliphatic rings. The van der Waals surface area contributed by atoms with Crippen LogP contribution in [0.25, 0.3) is 11.1 Å². The molecular formula is C21H14BrClN2O2. The topological polar surface area (TPSA) is 55.1 Å². The fourth-order valence-corrected chi connectivity index (χ4v) is 3.34. The molecule has 0 aliphatic carbocycles. The van der Waals surface area contributed by atoms with Crippen LogP contribution in [0.1, 0.15) is 21.8 Å². The Balaban J connectivity index is 1.55. The molecule has 0 saturated carbocycles. The van der Waals surface area contributed by atoms with Crippen molar-refractivity contribution >= 4 is 50.2 Å². The monoisotopic (exact) mass is 440 g/mol. The normalized spacial score (nSPS) is 10.9. The molecule has 4 nitrogen and oxygen atoms in total. The van der Waals surface area contributed by atoms with Crippen molar-refractivity contribution in [1.29, 1.82) is 0 Å². The van der Waals surface area contributed by atoms with E-state index in [2.05, 4.69) is 26.2 Å². The zero-order valence-electron chi connectivity index (χ0n) is 14.1. The van der Waals surface area contributed by atoms with Gasteiger partial charge >= 0.3 is 0 Å². The highest BCUT2D eigenvalue weighted by atomic mass is 79.9. The summed E-state index contributed by atoms with van der Waals surface area (Å²) in [5.41, 5.74) is 3.67. The third kappa shape index (κ3) is 4.04. The van der Waals surface area contributed by atoms with Gasteiger partial charge in [0, 0.05) is 21.6 Å². The molecule has 0 aliphatic heterocycles. The summed E-state index contributed by atoms with van der Waals surface area (Å²) in [5.74, 6) is 0.424. The number of hydrogen-bond acceptors (Lipinski definition) is 3. The fraction of sp³-hybridized carbons (Fsp3) is 0.0476. The van der Waals surface area contributed by atoms with E-state index in [4.69, 9.17) is 16.0 Å². The third-order valence-corrected chi connectivity index (χ3v) is 5.02. The van der Waals surface area contributed by atoms with Crippen molar-refractivity contribution in [2.75, 3.05) is 5.32 Å². The van der Waals surface area contributed by atoms with Crippen molar-refractivity contribution in [1.82, 2.24) is 4.98 Å². The average Bonchev–Trinajstić information content (AvgIpc) is 3.05. The summed E-state index contributed by atoms with van der Waals surface area (Å²) >= 11 is 9.31. The second-order valence-electron chi connectivity index (χ2n) is 6.03. The molecule has 134 valence electrons. The number of amides is 1. The molecule has 0 fully saturated rings. The number of halogens is 2. The summed E-state index contributed by atoms with van der Waals surface area (Å²) in [4.78, 5) is 17.0. The van der Waals surface area contributed by atoms with Crippen LogP contribution in [0.15, 0.2) is 75.6 Å². The molecule has 0 unspecified atom stereocenters. The molecule has 6 heteroatoms. The highest BCUT2D eigenvalue weighted by Crippen LogP contribution is 2.23. The fourth-order valence-electron chi connectivity index (χ4n) is 2.75. The van der Waals surface area contributed by atoms with Gasteiger partial charge in [0.2, 0.25) is 0 Å². The van der Waals surface area contributed by atoms with Gasteiger partial charge < -0.3 is 9.73 Å². The second-order valence-corrected chi connectivity index (χ2v) is 7.32. The van der Waals surface area contributed by atoms with Crippen LogP contribution in [0, 0.1) is 0 Å². The van der Waals surface area contributed by atoms with E-state index >= 15 is 0 Å². The molecule has 0 radical (unpaired) electrons. The number of carbonyl (C=O) groups is 1. The van der Waals surface area contributed by atoms with Crippen molar-refractivity contribution in [3.8, 4) is 0 Å². The summed E-state index contributed by atoms with van der Waals surface area (Å²) in [5, 5.41) is 3.59. The number of anilines is 1. The number of hydrogen-bond donors (Lipinski definition) is 1. The highest BCUT2D eigenvalue weighted by Gasteiger charge is 2.12. The smallest absolute Gasteiger partial charge is 0.256 e. The Kier molecular flexibility index (Phi) is 4.97. The Morgan fingerprint density at radius 2 is 1.85 bits per heavy atom. The van der Waals surface area contributed by atoms with Crippen LogP contribution in [0.2, 0.25) is 5.02 Å². The first kappa shape index (κ1) is 17.8. The molecule has 3 aromatic carbocycles. The zero-order chi connectivity index (χ0) is 18.8. The Morgan fingerprint density at radius 1 is 1.07 bits per heavy atom. The SMILES string of the molecule is O=C(Nc1ccc2oc(Cc3ccc(Cl)cc3)nc2c1)c1ccccc1Br. The van der Waals surface area contributed by atoms with Crippen molar-refractivity contribution < 1.29 is 9.21 Å². The Bertz CT molecular complexity index is 1120. The largest absolute Gasteiger partial charge is 0.440 e. The average molecular weight is 442 g/mol. The second kappa shape index (κ2) is 7.55. The lowest BCUT2D eigenvalue weighted by Crippen LogP contribution is -2.12. The van der Waals surface area contributed by atoms with Gasteiger partial charge in [-0.1, -0.05) is 35.9 Å². The minimum absolute atomic E-state index is 0.188. The van der Waals surface area contributed by atoms with Crippen molar-refractivity contribution in [3.05, 3.63) is 93.2 Å². The molecule has 4 rings (SSSR count). The number of benzene rings is 3. The molecular weight excluding hydrogens is 428 g/mol. The van der Waals surface area contributed by atoms with Gasteiger partial charge in [-0.05, 0) is 64.0 Å². The maximum absolute atomic E-state index is 12.4. The van der Waals surface area contributed by atoms with E-state index in [0.29, 0.717) is 39.7 Å². The lowest BCUT2D eigenvalue weighted by molar-refractivity contribution is 0.102. The van der Waals surface area contributed by atoms with Crippen LogP contribution in [0.3, 0.4) is 0 Å². The molecule has 1 amide bonds. The van der Waals surface area contributed by atoms with Crippen LogP contribution < -0.4 is 5.32 Å². The molecule has 0 saturated heterocycles. The molecule has 4 aromatic rings. The van der Waals surface area contributed by atoms with Gasteiger partial charge in [-0.15, -0.1) is 0 Å². The maximum Gasteiger partial charge on any atom is 0.256 e. The third-order valence-electron chi connectivity index (χ3n) is 4.08. The molecule has 1 heterocycles. The van der Waals surface area contributed by atoms with E-state index in [1.165, 1.54) is 0 Å². The van der Waals surface area contributed by atoms with E-state index in [-0.39, 0.29) is 5.91 Å². The first-order chi connectivity index (χ1) is 13.1. The summed E-state index contributed by atoms with van der Waals surface area (Å²) in [6.45, 7) is 0.